The summed E-state index contributed by atoms with van der Waals surface area (Å²) in [5.41, 5.74) is 7.01. The average Bonchev–Trinajstić information content (AvgIpc) is 3.16. The molecule has 0 bridgehead atoms. The molecule has 1 fully saturated rings. The molecule has 2 aliphatic heterocycles. The highest BCUT2D eigenvalue weighted by Gasteiger charge is 2.32. The van der Waals surface area contributed by atoms with Crippen molar-refractivity contribution in [3.8, 4) is 0 Å². The molecule has 0 spiro atoms. The summed E-state index contributed by atoms with van der Waals surface area (Å²) in [5.74, 6) is -1.15. The SMILES string of the molecule is NC(=O)C1CCCN(C(=O)c2cc3n(n2)CCN(Cc2ccc(Cl)cc2)C3=O)C1. The van der Waals surface area contributed by atoms with Crippen LogP contribution in [0.4, 0.5) is 0 Å². The molecule has 2 aromatic rings. The minimum atomic E-state index is -0.389. The predicted octanol–water partition coefficient (Wildman–Crippen LogP) is 1.53. The van der Waals surface area contributed by atoms with Gasteiger partial charge in [0.05, 0.1) is 12.5 Å². The summed E-state index contributed by atoms with van der Waals surface area (Å²) in [7, 11) is 0. The van der Waals surface area contributed by atoms with Crippen molar-refractivity contribution in [2.45, 2.75) is 25.9 Å². The van der Waals surface area contributed by atoms with Gasteiger partial charge in [0.2, 0.25) is 5.91 Å². The third-order valence-corrected chi connectivity index (χ3v) is 5.74. The van der Waals surface area contributed by atoms with Gasteiger partial charge in [0.15, 0.2) is 5.69 Å². The zero-order chi connectivity index (χ0) is 20.5. The lowest BCUT2D eigenvalue weighted by Crippen LogP contribution is -2.44. The molecule has 1 aromatic heterocycles. The molecule has 1 aromatic carbocycles. The van der Waals surface area contributed by atoms with E-state index in [1.807, 2.05) is 12.1 Å². The molecule has 0 aliphatic carbocycles. The number of aromatic nitrogens is 2. The first-order valence-electron chi connectivity index (χ1n) is 9.62. The van der Waals surface area contributed by atoms with Gasteiger partial charge in [-0.1, -0.05) is 23.7 Å². The molecule has 1 unspecified atom stereocenters. The zero-order valence-corrected chi connectivity index (χ0v) is 16.6. The van der Waals surface area contributed by atoms with Crippen LogP contribution < -0.4 is 5.73 Å². The van der Waals surface area contributed by atoms with E-state index in [0.717, 1.165) is 12.0 Å². The second-order valence-corrected chi connectivity index (χ2v) is 7.92. The normalized spacial score (nSPS) is 19.2. The Morgan fingerprint density at radius 1 is 1.17 bits per heavy atom. The highest BCUT2D eigenvalue weighted by atomic mass is 35.5. The molecular weight excluding hydrogens is 394 g/mol. The van der Waals surface area contributed by atoms with E-state index in [4.69, 9.17) is 17.3 Å². The van der Waals surface area contributed by atoms with Gasteiger partial charge in [0, 0.05) is 37.3 Å². The van der Waals surface area contributed by atoms with Gasteiger partial charge in [-0.25, -0.2) is 0 Å². The number of hydrogen-bond donors (Lipinski definition) is 1. The fourth-order valence-electron chi connectivity index (χ4n) is 3.86. The van der Waals surface area contributed by atoms with Crippen LogP contribution in [0.15, 0.2) is 30.3 Å². The van der Waals surface area contributed by atoms with Crippen molar-refractivity contribution in [3.05, 3.63) is 52.3 Å². The molecule has 2 aliphatic rings. The Morgan fingerprint density at radius 3 is 2.66 bits per heavy atom. The van der Waals surface area contributed by atoms with Crippen LogP contribution in [0.2, 0.25) is 5.02 Å². The maximum atomic E-state index is 12.9. The van der Waals surface area contributed by atoms with Crippen LogP contribution in [-0.4, -0.2) is 56.9 Å². The summed E-state index contributed by atoms with van der Waals surface area (Å²) in [4.78, 5) is 40.6. The first-order valence-corrected chi connectivity index (χ1v) is 10.0. The maximum absolute atomic E-state index is 12.9. The number of benzene rings is 1. The molecule has 29 heavy (non-hydrogen) atoms. The molecule has 3 amide bonds. The van der Waals surface area contributed by atoms with E-state index in [1.54, 1.807) is 32.7 Å². The Kier molecular flexibility index (Phi) is 5.27. The maximum Gasteiger partial charge on any atom is 0.274 e. The lowest BCUT2D eigenvalue weighted by molar-refractivity contribution is -0.123. The van der Waals surface area contributed by atoms with Gasteiger partial charge < -0.3 is 15.5 Å². The standard InChI is InChI=1S/C20H22ClN5O3/c21-15-5-3-13(4-6-15)11-25-8-9-26-17(20(25)29)10-16(23-26)19(28)24-7-1-2-14(12-24)18(22)27/h3-6,10,14H,1-2,7-9,11-12H2,(H2,22,27). The van der Waals surface area contributed by atoms with E-state index < -0.39 is 0 Å². The number of primary amides is 1. The fourth-order valence-corrected chi connectivity index (χ4v) is 3.99. The minimum Gasteiger partial charge on any atom is -0.369 e. The highest BCUT2D eigenvalue weighted by molar-refractivity contribution is 6.30. The molecule has 0 saturated carbocycles. The van der Waals surface area contributed by atoms with Crippen LogP contribution in [0.1, 0.15) is 39.4 Å². The summed E-state index contributed by atoms with van der Waals surface area (Å²) in [5, 5.41) is 4.99. The molecule has 4 rings (SSSR count). The van der Waals surface area contributed by atoms with Crippen molar-refractivity contribution in [1.29, 1.82) is 0 Å². The van der Waals surface area contributed by atoms with Crippen molar-refractivity contribution in [2.75, 3.05) is 19.6 Å². The van der Waals surface area contributed by atoms with Crippen LogP contribution in [0, 0.1) is 5.92 Å². The van der Waals surface area contributed by atoms with Gasteiger partial charge in [0.25, 0.3) is 11.8 Å². The Hall–Kier alpha value is -2.87. The predicted molar refractivity (Wildman–Crippen MR) is 106 cm³/mol. The molecule has 2 N–H and O–H groups in total. The van der Waals surface area contributed by atoms with E-state index in [1.165, 1.54) is 0 Å². The molecule has 9 heteroatoms. The van der Waals surface area contributed by atoms with Crippen molar-refractivity contribution in [2.24, 2.45) is 11.7 Å². The lowest BCUT2D eigenvalue weighted by Gasteiger charge is -2.30. The monoisotopic (exact) mass is 415 g/mol. The van der Waals surface area contributed by atoms with Gasteiger partial charge in [-0.3, -0.25) is 19.1 Å². The number of nitrogens with two attached hydrogens (primary N) is 1. The Labute approximate surface area is 173 Å². The molecule has 1 saturated heterocycles. The first kappa shape index (κ1) is 19.4. The van der Waals surface area contributed by atoms with Gasteiger partial charge >= 0.3 is 0 Å². The lowest BCUT2D eigenvalue weighted by atomic mass is 9.97. The van der Waals surface area contributed by atoms with Gasteiger partial charge in [-0.15, -0.1) is 0 Å². The van der Waals surface area contributed by atoms with Crippen LogP contribution in [-0.2, 0) is 17.9 Å². The second-order valence-electron chi connectivity index (χ2n) is 7.48. The Bertz CT molecular complexity index is 956. The summed E-state index contributed by atoms with van der Waals surface area (Å²) in [6.45, 7) is 2.36. The first-order chi connectivity index (χ1) is 13.9. The van der Waals surface area contributed by atoms with E-state index >= 15 is 0 Å². The number of amides is 3. The van der Waals surface area contributed by atoms with Crippen molar-refractivity contribution < 1.29 is 14.4 Å². The number of halogens is 1. The average molecular weight is 416 g/mol. The van der Waals surface area contributed by atoms with Crippen molar-refractivity contribution in [3.63, 3.8) is 0 Å². The third-order valence-electron chi connectivity index (χ3n) is 5.48. The molecule has 1 atom stereocenters. The number of rotatable bonds is 4. The Balaban J connectivity index is 1.48. The number of fused-ring (bicyclic) bond motifs is 1. The van der Waals surface area contributed by atoms with Crippen LogP contribution >= 0.6 is 11.6 Å². The quantitative estimate of drug-likeness (QED) is 0.818. The summed E-state index contributed by atoms with van der Waals surface area (Å²) in [6.07, 6.45) is 1.41. The largest absolute Gasteiger partial charge is 0.369 e. The van der Waals surface area contributed by atoms with E-state index in [0.29, 0.717) is 49.9 Å². The van der Waals surface area contributed by atoms with Crippen molar-refractivity contribution >= 4 is 29.3 Å². The minimum absolute atomic E-state index is 0.161. The molecular formula is C20H22ClN5O3. The number of piperidine rings is 1. The number of likely N-dealkylation sites (tertiary alicyclic amines) is 1. The topological polar surface area (TPSA) is 102 Å². The van der Waals surface area contributed by atoms with E-state index in [9.17, 15) is 14.4 Å². The number of carbonyl (C=O) groups is 3. The van der Waals surface area contributed by atoms with Gasteiger partial charge in [-0.05, 0) is 30.5 Å². The zero-order valence-electron chi connectivity index (χ0n) is 15.9. The third kappa shape index (κ3) is 3.98. The fraction of sp³-hybridized carbons (Fsp3) is 0.400. The number of carbonyl (C=O) groups excluding carboxylic acids is 3. The van der Waals surface area contributed by atoms with Crippen LogP contribution in [0.5, 0.6) is 0 Å². The summed E-state index contributed by atoms with van der Waals surface area (Å²) >= 11 is 5.92. The molecule has 152 valence electrons. The van der Waals surface area contributed by atoms with Gasteiger partial charge in [-0.2, -0.15) is 5.10 Å². The van der Waals surface area contributed by atoms with Crippen LogP contribution in [0.25, 0.3) is 0 Å². The number of nitrogens with zero attached hydrogens (tertiary/aromatic N) is 4. The van der Waals surface area contributed by atoms with E-state index in [-0.39, 0.29) is 29.3 Å². The van der Waals surface area contributed by atoms with Crippen molar-refractivity contribution in [1.82, 2.24) is 19.6 Å². The summed E-state index contributed by atoms with van der Waals surface area (Å²) in [6, 6.07) is 8.92. The molecule has 0 radical (unpaired) electrons. The van der Waals surface area contributed by atoms with E-state index in [2.05, 4.69) is 5.10 Å². The summed E-state index contributed by atoms with van der Waals surface area (Å²) < 4.78 is 1.59. The van der Waals surface area contributed by atoms with Crippen LogP contribution in [0.3, 0.4) is 0 Å². The van der Waals surface area contributed by atoms with Gasteiger partial charge in [0.1, 0.15) is 5.69 Å². The smallest absolute Gasteiger partial charge is 0.274 e. The highest BCUT2D eigenvalue weighted by Crippen LogP contribution is 2.21. The molecule has 8 nitrogen and oxygen atoms in total. The second kappa shape index (κ2) is 7.87. The number of hydrogen-bond acceptors (Lipinski definition) is 4. The molecule has 3 heterocycles. The Morgan fingerprint density at radius 2 is 1.93 bits per heavy atom.